The van der Waals surface area contributed by atoms with Crippen LogP contribution in [0.3, 0.4) is 0 Å². The quantitative estimate of drug-likeness (QED) is 0.505. The molecule has 0 aliphatic heterocycles. The van der Waals surface area contributed by atoms with Gasteiger partial charge in [0.2, 0.25) is 5.91 Å². The molecule has 0 radical (unpaired) electrons. The maximum atomic E-state index is 11.6. The SMILES string of the molecule is CC(C)CC(=O)NC(=S)Nc1nc2ccc([N+](=O)[O-])cc2s1. The van der Waals surface area contributed by atoms with E-state index in [4.69, 9.17) is 12.2 Å². The van der Waals surface area contributed by atoms with Gasteiger partial charge in [-0.2, -0.15) is 0 Å². The van der Waals surface area contributed by atoms with Crippen LogP contribution in [-0.4, -0.2) is 20.9 Å². The van der Waals surface area contributed by atoms with Gasteiger partial charge in [-0.1, -0.05) is 25.2 Å². The van der Waals surface area contributed by atoms with Crippen LogP contribution < -0.4 is 10.6 Å². The molecule has 0 aliphatic carbocycles. The lowest BCUT2D eigenvalue weighted by molar-refractivity contribution is -0.384. The number of carbonyl (C=O) groups is 1. The van der Waals surface area contributed by atoms with Crippen molar-refractivity contribution in [2.45, 2.75) is 20.3 Å². The Morgan fingerprint density at radius 3 is 2.86 bits per heavy atom. The van der Waals surface area contributed by atoms with Crippen LogP contribution in [0.2, 0.25) is 0 Å². The summed E-state index contributed by atoms with van der Waals surface area (Å²) in [5.41, 5.74) is 0.643. The molecule has 1 aromatic heterocycles. The first-order valence-electron chi connectivity index (χ1n) is 6.51. The Balaban J connectivity index is 2.07. The number of thiocarbonyl (C=S) groups is 1. The van der Waals surface area contributed by atoms with E-state index in [9.17, 15) is 14.9 Å². The Kier molecular flexibility index (Phi) is 4.99. The van der Waals surface area contributed by atoms with Gasteiger partial charge in [0.15, 0.2) is 10.2 Å². The van der Waals surface area contributed by atoms with Gasteiger partial charge in [0, 0.05) is 18.6 Å². The monoisotopic (exact) mass is 338 g/mol. The third kappa shape index (κ3) is 4.18. The number of amides is 1. The summed E-state index contributed by atoms with van der Waals surface area (Å²) in [5, 5.41) is 16.8. The third-order valence-electron chi connectivity index (χ3n) is 2.65. The molecule has 1 aromatic carbocycles. The highest BCUT2D eigenvalue weighted by Crippen LogP contribution is 2.29. The Labute approximate surface area is 135 Å². The minimum absolute atomic E-state index is 0.00973. The van der Waals surface area contributed by atoms with Gasteiger partial charge in [-0.15, -0.1) is 0 Å². The van der Waals surface area contributed by atoms with Crippen molar-refractivity contribution in [1.82, 2.24) is 10.3 Å². The largest absolute Gasteiger partial charge is 0.308 e. The van der Waals surface area contributed by atoms with Crippen molar-refractivity contribution >= 4 is 55.6 Å². The lowest BCUT2D eigenvalue weighted by atomic mass is 10.1. The number of aromatic nitrogens is 1. The van der Waals surface area contributed by atoms with Gasteiger partial charge in [-0.05, 0) is 24.2 Å². The molecule has 0 spiro atoms. The fourth-order valence-electron chi connectivity index (χ4n) is 1.76. The minimum atomic E-state index is -0.455. The molecule has 9 heteroatoms. The second-order valence-electron chi connectivity index (χ2n) is 5.03. The second kappa shape index (κ2) is 6.75. The minimum Gasteiger partial charge on any atom is -0.308 e. The van der Waals surface area contributed by atoms with E-state index in [1.165, 1.54) is 23.5 Å². The number of hydrogen-bond acceptors (Lipinski definition) is 6. The average molecular weight is 338 g/mol. The van der Waals surface area contributed by atoms with Crippen LogP contribution in [0.1, 0.15) is 20.3 Å². The van der Waals surface area contributed by atoms with Crippen LogP contribution in [-0.2, 0) is 4.79 Å². The average Bonchev–Trinajstić information content (AvgIpc) is 2.77. The summed E-state index contributed by atoms with van der Waals surface area (Å²) in [6.45, 7) is 3.88. The molecule has 1 heterocycles. The van der Waals surface area contributed by atoms with E-state index in [1.807, 2.05) is 13.8 Å². The van der Waals surface area contributed by atoms with E-state index in [0.29, 0.717) is 21.8 Å². The van der Waals surface area contributed by atoms with Crippen molar-refractivity contribution in [2.24, 2.45) is 5.92 Å². The number of nitro groups is 1. The maximum Gasteiger partial charge on any atom is 0.270 e. The molecule has 0 atom stereocenters. The Morgan fingerprint density at radius 2 is 2.23 bits per heavy atom. The number of nitrogens with one attached hydrogen (secondary N) is 2. The van der Waals surface area contributed by atoms with Crippen LogP contribution in [0.4, 0.5) is 10.8 Å². The number of fused-ring (bicyclic) bond motifs is 1. The van der Waals surface area contributed by atoms with E-state index in [2.05, 4.69) is 15.6 Å². The Morgan fingerprint density at radius 1 is 1.50 bits per heavy atom. The molecule has 2 N–H and O–H groups in total. The summed E-state index contributed by atoms with van der Waals surface area (Å²) < 4.78 is 0.674. The molecule has 7 nitrogen and oxygen atoms in total. The number of nitro benzene ring substituents is 1. The maximum absolute atomic E-state index is 11.6. The lowest BCUT2D eigenvalue weighted by Crippen LogP contribution is -2.34. The molecule has 0 unspecified atom stereocenters. The number of non-ortho nitro benzene ring substituents is 1. The molecule has 2 rings (SSSR count). The molecular formula is C13H14N4O3S2. The van der Waals surface area contributed by atoms with Crippen molar-refractivity contribution in [2.75, 3.05) is 5.32 Å². The number of nitrogens with zero attached hydrogens (tertiary/aromatic N) is 2. The molecule has 22 heavy (non-hydrogen) atoms. The molecular weight excluding hydrogens is 324 g/mol. The fraction of sp³-hybridized carbons (Fsp3) is 0.308. The van der Waals surface area contributed by atoms with Crippen molar-refractivity contribution in [1.29, 1.82) is 0 Å². The van der Waals surface area contributed by atoms with Crippen LogP contribution in [0.25, 0.3) is 10.2 Å². The number of benzene rings is 1. The predicted octanol–water partition coefficient (Wildman–Crippen LogP) is 3.06. The first kappa shape index (κ1) is 16.2. The predicted molar refractivity (Wildman–Crippen MR) is 90.1 cm³/mol. The van der Waals surface area contributed by atoms with Crippen LogP contribution in [0.5, 0.6) is 0 Å². The van der Waals surface area contributed by atoms with Crippen LogP contribution in [0.15, 0.2) is 18.2 Å². The Hall–Kier alpha value is -2.13. The Bertz CT molecular complexity index is 742. The van der Waals surface area contributed by atoms with E-state index in [1.54, 1.807) is 6.07 Å². The van der Waals surface area contributed by atoms with Gasteiger partial charge < -0.3 is 10.6 Å². The smallest absolute Gasteiger partial charge is 0.270 e. The van der Waals surface area contributed by atoms with Crippen molar-refractivity contribution < 1.29 is 9.72 Å². The lowest BCUT2D eigenvalue weighted by Gasteiger charge is -2.08. The summed E-state index contributed by atoms with van der Waals surface area (Å²) in [7, 11) is 0. The summed E-state index contributed by atoms with van der Waals surface area (Å²) >= 11 is 6.29. The van der Waals surface area contributed by atoms with Gasteiger partial charge in [0.1, 0.15) is 0 Å². The standard InChI is InChI=1S/C13H14N4O3S2/c1-7(2)5-11(18)15-12(21)16-13-14-9-4-3-8(17(19)20)6-10(9)22-13/h3-4,6-7H,5H2,1-2H3,(H2,14,15,16,18,21). The fourth-order valence-corrected chi connectivity index (χ4v) is 2.94. The number of hydrogen-bond donors (Lipinski definition) is 2. The van der Waals surface area contributed by atoms with Crippen molar-refractivity contribution in [3.8, 4) is 0 Å². The molecule has 0 aliphatic rings. The van der Waals surface area contributed by atoms with E-state index in [0.717, 1.165) is 0 Å². The topological polar surface area (TPSA) is 97.2 Å². The first-order chi connectivity index (χ1) is 10.3. The van der Waals surface area contributed by atoms with E-state index < -0.39 is 4.92 Å². The zero-order valence-corrected chi connectivity index (χ0v) is 13.6. The number of rotatable bonds is 4. The zero-order valence-electron chi connectivity index (χ0n) is 12.0. The number of carbonyl (C=O) groups excluding carboxylic acids is 1. The van der Waals surface area contributed by atoms with E-state index >= 15 is 0 Å². The molecule has 0 saturated heterocycles. The van der Waals surface area contributed by atoms with Gasteiger partial charge in [0.25, 0.3) is 5.69 Å². The summed E-state index contributed by atoms with van der Waals surface area (Å²) in [6.07, 6.45) is 0.383. The molecule has 0 bridgehead atoms. The highest BCUT2D eigenvalue weighted by molar-refractivity contribution is 7.80. The molecule has 2 aromatic rings. The van der Waals surface area contributed by atoms with Crippen molar-refractivity contribution in [3.05, 3.63) is 28.3 Å². The molecule has 0 saturated carbocycles. The molecule has 116 valence electrons. The summed E-state index contributed by atoms with van der Waals surface area (Å²) in [4.78, 5) is 26.2. The third-order valence-corrected chi connectivity index (χ3v) is 3.79. The van der Waals surface area contributed by atoms with Gasteiger partial charge >= 0.3 is 0 Å². The van der Waals surface area contributed by atoms with Crippen molar-refractivity contribution in [3.63, 3.8) is 0 Å². The molecule has 1 amide bonds. The first-order valence-corrected chi connectivity index (χ1v) is 7.73. The molecule has 0 fully saturated rings. The highest BCUT2D eigenvalue weighted by Gasteiger charge is 2.12. The number of thiazole rings is 1. The normalized spacial score (nSPS) is 10.7. The van der Waals surface area contributed by atoms with E-state index in [-0.39, 0.29) is 22.6 Å². The number of anilines is 1. The van der Waals surface area contributed by atoms with Gasteiger partial charge in [0.05, 0.1) is 15.1 Å². The van der Waals surface area contributed by atoms with Crippen LogP contribution >= 0.6 is 23.6 Å². The second-order valence-corrected chi connectivity index (χ2v) is 6.47. The summed E-state index contributed by atoms with van der Waals surface area (Å²) in [6, 6.07) is 4.43. The highest BCUT2D eigenvalue weighted by atomic mass is 32.1. The summed E-state index contributed by atoms with van der Waals surface area (Å²) in [5.74, 6) is 0.0787. The van der Waals surface area contributed by atoms with Crippen LogP contribution in [0, 0.1) is 16.0 Å². The van der Waals surface area contributed by atoms with Gasteiger partial charge in [-0.3, -0.25) is 14.9 Å². The zero-order chi connectivity index (χ0) is 16.3. The van der Waals surface area contributed by atoms with Gasteiger partial charge in [-0.25, -0.2) is 4.98 Å².